The SMILES string of the molecule is CCN(CCO)C(=O)NC1CCCc2cc(F)ccc21. The number of carbonyl (C=O) groups is 1. The lowest BCUT2D eigenvalue weighted by atomic mass is 9.87. The van der Waals surface area contributed by atoms with E-state index in [1.165, 1.54) is 6.07 Å². The first-order valence-corrected chi connectivity index (χ1v) is 7.10. The van der Waals surface area contributed by atoms with Gasteiger partial charge in [-0.15, -0.1) is 0 Å². The van der Waals surface area contributed by atoms with Crippen molar-refractivity contribution in [3.8, 4) is 0 Å². The highest BCUT2D eigenvalue weighted by Gasteiger charge is 2.23. The molecule has 1 aromatic rings. The van der Waals surface area contributed by atoms with Crippen LogP contribution in [0.3, 0.4) is 0 Å². The van der Waals surface area contributed by atoms with E-state index in [-0.39, 0.29) is 24.5 Å². The quantitative estimate of drug-likeness (QED) is 0.888. The van der Waals surface area contributed by atoms with Crippen LogP contribution >= 0.6 is 0 Å². The standard InChI is InChI=1S/C15H21FN2O2/c1-2-18(8-9-19)15(20)17-14-5-3-4-11-10-12(16)6-7-13(11)14/h6-7,10,14,19H,2-5,8-9H2,1H3,(H,17,20). The summed E-state index contributed by atoms with van der Waals surface area (Å²) in [6.45, 7) is 2.70. The maximum Gasteiger partial charge on any atom is 0.317 e. The number of nitrogens with zero attached hydrogens (tertiary/aromatic N) is 1. The summed E-state index contributed by atoms with van der Waals surface area (Å²) >= 11 is 0. The van der Waals surface area contributed by atoms with Crippen LogP contribution in [0, 0.1) is 5.82 Å². The Morgan fingerprint density at radius 3 is 3.05 bits per heavy atom. The summed E-state index contributed by atoms with van der Waals surface area (Å²) in [6.07, 6.45) is 2.65. The van der Waals surface area contributed by atoms with Gasteiger partial charge in [0.05, 0.1) is 12.6 Å². The van der Waals surface area contributed by atoms with E-state index in [0.29, 0.717) is 13.1 Å². The van der Waals surface area contributed by atoms with E-state index >= 15 is 0 Å². The van der Waals surface area contributed by atoms with E-state index < -0.39 is 0 Å². The number of benzene rings is 1. The van der Waals surface area contributed by atoms with E-state index in [2.05, 4.69) is 5.32 Å². The molecule has 2 amide bonds. The molecule has 1 aliphatic rings. The summed E-state index contributed by atoms with van der Waals surface area (Å²) in [5.41, 5.74) is 1.98. The fourth-order valence-electron chi connectivity index (χ4n) is 2.70. The minimum atomic E-state index is -0.230. The van der Waals surface area contributed by atoms with Crippen molar-refractivity contribution < 1.29 is 14.3 Å². The number of rotatable bonds is 4. The molecule has 0 fully saturated rings. The molecule has 2 rings (SSSR count). The highest BCUT2D eigenvalue weighted by Crippen LogP contribution is 2.30. The van der Waals surface area contributed by atoms with Gasteiger partial charge in [0.25, 0.3) is 0 Å². The number of halogens is 1. The summed E-state index contributed by atoms with van der Waals surface area (Å²) in [7, 11) is 0. The third-order valence-corrected chi connectivity index (χ3v) is 3.76. The van der Waals surface area contributed by atoms with E-state index in [4.69, 9.17) is 5.11 Å². The maximum absolute atomic E-state index is 13.2. The molecule has 0 aromatic heterocycles. The Morgan fingerprint density at radius 1 is 1.55 bits per heavy atom. The monoisotopic (exact) mass is 280 g/mol. The Balaban J connectivity index is 2.10. The van der Waals surface area contributed by atoms with Gasteiger partial charge in [-0.1, -0.05) is 6.07 Å². The number of amides is 2. The largest absolute Gasteiger partial charge is 0.395 e. The van der Waals surface area contributed by atoms with Gasteiger partial charge < -0.3 is 15.3 Å². The number of hydrogen-bond donors (Lipinski definition) is 2. The molecule has 2 N–H and O–H groups in total. The van der Waals surface area contributed by atoms with Crippen LogP contribution in [0.5, 0.6) is 0 Å². The third-order valence-electron chi connectivity index (χ3n) is 3.76. The Labute approximate surface area is 118 Å². The van der Waals surface area contributed by atoms with Crippen molar-refractivity contribution in [2.24, 2.45) is 0 Å². The number of hydrogen-bond acceptors (Lipinski definition) is 2. The second-order valence-electron chi connectivity index (χ2n) is 5.04. The van der Waals surface area contributed by atoms with Crippen LogP contribution in [0.2, 0.25) is 0 Å². The predicted octanol–water partition coefficient (Wildman–Crippen LogP) is 2.23. The number of aryl methyl sites for hydroxylation is 1. The van der Waals surface area contributed by atoms with Gasteiger partial charge in [-0.3, -0.25) is 0 Å². The number of nitrogens with one attached hydrogen (secondary N) is 1. The van der Waals surface area contributed by atoms with E-state index in [1.807, 2.05) is 6.92 Å². The van der Waals surface area contributed by atoms with Crippen molar-refractivity contribution in [1.82, 2.24) is 10.2 Å². The first kappa shape index (κ1) is 14.8. The lowest BCUT2D eigenvalue weighted by Gasteiger charge is -2.29. The molecule has 5 heteroatoms. The molecule has 1 unspecified atom stereocenters. The minimum absolute atomic E-state index is 0.0479. The van der Waals surface area contributed by atoms with Crippen LogP contribution in [0.15, 0.2) is 18.2 Å². The molecule has 0 saturated heterocycles. The number of aliphatic hydroxyl groups excluding tert-OH is 1. The van der Waals surface area contributed by atoms with Crippen molar-refractivity contribution in [3.05, 3.63) is 35.1 Å². The van der Waals surface area contributed by atoms with Crippen LogP contribution < -0.4 is 5.32 Å². The van der Waals surface area contributed by atoms with Gasteiger partial charge >= 0.3 is 6.03 Å². The zero-order chi connectivity index (χ0) is 14.5. The van der Waals surface area contributed by atoms with Gasteiger partial charge in [0.2, 0.25) is 0 Å². The smallest absolute Gasteiger partial charge is 0.317 e. The fourth-order valence-corrected chi connectivity index (χ4v) is 2.70. The van der Waals surface area contributed by atoms with Crippen LogP contribution in [-0.2, 0) is 6.42 Å². The first-order chi connectivity index (χ1) is 9.65. The summed E-state index contributed by atoms with van der Waals surface area (Å²) in [5, 5.41) is 11.9. The topological polar surface area (TPSA) is 52.6 Å². The van der Waals surface area contributed by atoms with Crippen LogP contribution in [-0.4, -0.2) is 35.7 Å². The molecule has 1 aromatic carbocycles. The second kappa shape index (κ2) is 6.70. The highest BCUT2D eigenvalue weighted by molar-refractivity contribution is 5.74. The van der Waals surface area contributed by atoms with Gasteiger partial charge in [-0.25, -0.2) is 9.18 Å². The highest BCUT2D eigenvalue weighted by atomic mass is 19.1. The van der Waals surface area contributed by atoms with Crippen molar-refractivity contribution in [3.63, 3.8) is 0 Å². The van der Waals surface area contributed by atoms with Crippen molar-refractivity contribution in [2.75, 3.05) is 19.7 Å². The molecule has 110 valence electrons. The molecular formula is C15H21FN2O2. The molecule has 0 radical (unpaired) electrons. The van der Waals surface area contributed by atoms with Crippen molar-refractivity contribution in [2.45, 2.75) is 32.2 Å². The molecule has 1 atom stereocenters. The second-order valence-corrected chi connectivity index (χ2v) is 5.04. The first-order valence-electron chi connectivity index (χ1n) is 7.10. The molecule has 1 aliphatic carbocycles. The van der Waals surface area contributed by atoms with Crippen LogP contribution in [0.1, 0.15) is 36.9 Å². The zero-order valence-corrected chi connectivity index (χ0v) is 11.7. The van der Waals surface area contributed by atoms with Gasteiger partial charge in [0, 0.05) is 13.1 Å². The summed E-state index contributed by atoms with van der Waals surface area (Å²) in [6, 6.07) is 4.51. The Kier molecular flexibility index (Phi) is 4.95. The number of likely N-dealkylation sites (N-methyl/N-ethyl adjacent to an activating group) is 1. The van der Waals surface area contributed by atoms with E-state index in [1.54, 1.807) is 17.0 Å². The average Bonchev–Trinajstić information content (AvgIpc) is 2.44. The van der Waals surface area contributed by atoms with E-state index in [9.17, 15) is 9.18 Å². The molecular weight excluding hydrogens is 259 g/mol. The van der Waals surface area contributed by atoms with Crippen LogP contribution in [0.4, 0.5) is 9.18 Å². The molecule has 0 bridgehead atoms. The van der Waals surface area contributed by atoms with Crippen molar-refractivity contribution >= 4 is 6.03 Å². The van der Waals surface area contributed by atoms with Crippen LogP contribution in [0.25, 0.3) is 0 Å². The predicted molar refractivity (Wildman–Crippen MR) is 74.9 cm³/mol. The van der Waals surface area contributed by atoms with Gasteiger partial charge in [0.1, 0.15) is 5.82 Å². The minimum Gasteiger partial charge on any atom is -0.395 e. The Bertz CT molecular complexity index is 479. The summed E-state index contributed by atoms with van der Waals surface area (Å²) < 4.78 is 13.2. The number of carbonyl (C=O) groups excluding carboxylic acids is 1. The third kappa shape index (κ3) is 3.28. The fraction of sp³-hybridized carbons (Fsp3) is 0.533. The average molecular weight is 280 g/mol. The molecule has 0 spiro atoms. The van der Waals surface area contributed by atoms with Gasteiger partial charge in [-0.05, 0) is 49.4 Å². The lowest BCUT2D eigenvalue weighted by Crippen LogP contribution is -2.43. The number of urea groups is 1. The van der Waals surface area contributed by atoms with E-state index in [0.717, 1.165) is 30.4 Å². The number of fused-ring (bicyclic) bond motifs is 1. The molecule has 4 nitrogen and oxygen atoms in total. The molecule has 0 aliphatic heterocycles. The Hall–Kier alpha value is -1.62. The molecule has 0 heterocycles. The normalized spacial score (nSPS) is 17.4. The number of aliphatic hydroxyl groups is 1. The summed E-state index contributed by atoms with van der Waals surface area (Å²) in [4.78, 5) is 13.7. The molecule has 20 heavy (non-hydrogen) atoms. The summed E-state index contributed by atoms with van der Waals surface area (Å²) in [5.74, 6) is -0.230. The van der Waals surface area contributed by atoms with Crippen molar-refractivity contribution in [1.29, 1.82) is 0 Å². The van der Waals surface area contributed by atoms with Gasteiger partial charge in [-0.2, -0.15) is 0 Å². The van der Waals surface area contributed by atoms with Gasteiger partial charge in [0.15, 0.2) is 0 Å². The maximum atomic E-state index is 13.2. The Morgan fingerprint density at radius 2 is 2.35 bits per heavy atom. The molecule has 0 saturated carbocycles. The zero-order valence-electron chi connectivity index (χ0n) is 11.7. The lowest BCUT2D eigenvalue weighted by molar-refractivity contribution is 0.176.